The van der Waals surface area contributed by atoms with Gasteiger partial charge in [-0.2, -0.15) is 13.1 Å². The van der Waals surface area contributed by atoms with Gasteiger partial charge in [0.05, 0.1) is 11.5 Å². The fourth-order valence-electron chi connectivity index (χ4n) is 8.36. The number of hydrogen-bond donors (Lipinski definition) is 1. The predicted octanol–water partition coefficient (Wildman–Crippen LogP) is 7.63. The molecule has 0 amide bonds. The summed E-state index contributed by atoms with van der Waals surface area (Å²) < 4.78 is 94.0. The smallest absolute Gasteiger partial charge is 0.387 e. The van der Waals surface area contributed by atoms with Crippen LogP contribution in [-0.4, -0.2) is 86.6 Å². The van der Waals surface area contributed by atoms with E-state index in [-0.39, 0.29) is 81.5 Å². The van der Waals surface area contributed by atoms with Crippen LogP contribution in [0.2, 0.25) is 10.0 Å². The van der Waals surface area contributed by atoms with Crippen molar-refractivity contribution in [1.82, 2.24) is 9.21 Å². The van der Waals surface area contributed by atoms with Crippen molar-refractivity contribution < 1.29 is 60.6 Å². The molecule has 1 aromatic heterocycles. The Balaban J connectivity index is 0.00000595. The SMILES string of the molecule is O=C(O[C@H]1CN2CCC1CC2)C(Nc1cccc(S(=O)(=O)N2CCC[C@@H]2C(=O)O[C@@H](Cc2c(Cl)c[nH+]cc2Cl)c2ccc(OC(F)F)c(OCC3CC3)c2)c1)c1cccc(F)c1.[OH-]. The number of hydrogen-bond acceptors (Lipinski definition) is 11. The Bertz CT molecular complexity index is 2370. The molecule has 4 atom stereocenters. The summed E-state index contributed by atoms with van der Waals surface area (Å²) in [5.41, 5.74) is 1.31. The molecule has 338 valence electrons. The molecular formula is C44H47Cl2F3N4O9S. The molecular weight excluding hydrogens is 888 g/mol. The molecule has 0 spiro atoms. The first-order valence-electron chi connectivity index (χ1n) is 20.6. The third-order valence-corrected chi connectivity index (χ3v) is 14.5. The van der Waals surface area contributed by atoms with Gasteiger partial charge in [0.1, 0.15) is 34.1 Å². The van der Waals surface area contributed by atoms with Gasteiger partial charge in [0.2, 0.25) is 10.0 Å². The van der Waals surface area contributed by atoms with Crippen molar-refractivity contribution in [3.05, 3.63) is 112 Å². The average Bonchev–Trinajstić information content (AvgIpc) is 3.95. The number of piperidine rings is 3. The number of sulfonamides is 1. The number of benzene rings is 3. The molecule has 2 bridgehead atoms. The predicted molar refractivity (Wildman–Crippen MR) is 224 cm³/mol. The number of esters is 2. The van der Waals surface area contributed by atoms with Gasteiger partial charge in [-0.15, -0.1) is 0 Å². The van der Waals surface area contributed by atoms with Gasteiger partial charge in [-0.1, -0.05) is 47.5 Å². The van der Waals surface area contributed by atoms with Crippen molar-refractivity contribution >= 4 is 50.9 Å². The van der Waals surface area contributed by atoms with E-state index < -0.39 is 52.6 Å². The van der Waals surface area contributed by atoms with Gasteiger partial charge in [-0.25, -0.2) is 22.6 Å². The van der Waals surface area contributed by atoms with Crippen molar-refractivity contribution in [2.45, 2.75) is 80.7 Å². The van der Waals surface area contributed by atoms with Gasteiger partial charge >= 0.3 is 18.6 Å². The highest BCUT2D eigenvalue weighted by atomic mass is 35.5. The molecule has 13 nitrogen and oxygen atoms in total. The van der Waals surface area contributed by atoms with Crippen molar-refractivity contribution in [1.29, 1.82) is 0 Å². The van der Waals surface area contributed by atoms with Crippen LogP contribution in [0.15, 0.2) is 84.0 Å². The van der Waals surface area contributed by atoms with Crippen molar-refractivity contribution in [3.63, 3.8) is 0 Å². The second kappa shape index (κ2) is 20.0. The van der Waals surface area contributed by atoms with Gasteiger partial charge in [-0.3, -0.25) is 9.69 Å². The van der Waals surface area contributed by atoms with Crippen molar-refractivity contribution in [2.75, 3.05) is 38.1 Å². The first kappa shape index (κ1) is 46.3. The van der Waals surface area contributed by atoms with Crippen LogP contribution < -0.4 is 19.8 Å². The lowest BCUT2D eigenvalue weighted by Crippen LogP contribution is -2.52. The zero-order chi connectivity index (χ0) is 43.5. The lowest BCUT2D eigenvalue weighted by atomic mass is 9.86. The first-order valence-corrected chi connectivity index (χ1v) is 22.8. The Labute approximate surface area is 373 Å². The van der Waals surface area contributed by atoms with Crippen LogP contribution >= 0.6 is 23.2 Å². The molecule has 0 radical (unpaired) electrons. The molecule has 1 unspecified atom stereocenters. The molecule has 5 fully saturated rings. The van der Waals surface area contributed by atoms with Crippen molar-refractivity contribution in [2.24, 2.45) is 11.8 Å². The summed E-state index contributed by atoms with van der Waals surface area (Å²) in [6, 6.07) is 13.2. The Morgan fingerprint density at radius 1 is 0.889 bits per heavy atom. The zero-order valence-electron chi connectivity index (χ0n) is 33.9. The fourth-order valence-corrected chi connectivity index (χ4v) is 10.6. The Morgan fingerprint density at radius 2 is 1.63 bits per heavy atom. The van der Waals surface area contributed by atoms with Crippen LogP contribution in [-0.2, 0) is 35.5 Å². The molecule has 1 saturated carbocycles. The van der Waals surface area contributed by atoms with E-state index >= 15 is 0 Å². The number of anilines is 1. The summed E-state index contributed by atoms with van der Waals surface area (Å²) in [4.78, 5) is 33.0. The van der Waals surface area contributed by atoms with Crippen molar-refractivity contribution in [3.8, 4) is 11.5 Å². The maximum absolute atomic E-state index is 14.5. The number of carbonyl (C=O) groups is 2. The van der Waals surface area contributed by atoms with E-state index in [0.717, 1.165) is 43.1 Å². The average molecular weight is 936 g/mol. The topological polar surface area (TPSA) is 168 Å². The molecule has 19 heteroatoms. The third-order valence-electron chi connectivity index (χ3n) is 11.9. The second-order valence-corrected chi connectivity index (χ2v) is 18.9. The van der Waals surface area contributed by atoms with E-state index in [4.69, 9.17) is 42.1 Å². The maximum atomic E-state index is 14.5. The largest absolute Gasteiger partial charge is 0.870 e. The van der Waals surface area contributed by atoms with Crippen LogP contribution in [0.4, 0.5) is 18.9 Å². The van der Waals surface area contributed by atoms with Gasteiger partial charge in [-0.05, 0) is 117 Å². The standard InChI is InChI=1S/C44H45Cl2F3N4O8S.H2O/c45-34-22-50-23-35(46)33(34)21-38(28-11-12-37(61-44(48)49)39(19-28)58-25-26-9-10-26)59-42(54)36-8-3-15-53(36)62(56,57)32-7-2-6-31(20-32)51-41(29-4-1-5-30(47)18-29)43(55)60-40-24-52-16-13-27(40)14-17-52;/h1-2,4-7,11-12,18-20,22-23,26-27,36,38,40-41,44,51H,3,8-10,13-17,21,24-25H2;1H2/t36-,38+,40+,41?;/m1./s1. The fraction of sp³-hybridized carbons (Fsp3) is 0.432. The number of fused-ring (bicyclic) bond motifs is 3. The van der Waals surface area contributed by atoms with Gasteiger partial charge in [0, 0.05) is 30.8 Å². The lowest BCUT2D eigenvalue weighted by Gasteiger charge is -2.44. The van der Waals surface area contributed by atoms with E-state index in [0.29, 0.717) is 29.7 Å². The number of ether oxygens (including phenoxy) is 4. The number of aromatic amines is 1. The number of rotatable bonds is 17. The summed E-state index contributed by atoms with van der Waals surface area (Å²) in [5.74, 6) is -1.68. The third kappa shape index (κ3) is 11.0. The summed E-state index contributed by atoms with van der Waals surface area (Å²) in [5, 5.41) is 3.58. The number of nitrogens with zero attached hydrogens (tertiary/aromatic N) is 2. The number of alkyl halides is 2. The zero-order valence-corrected chi connectivity index (χ0v) is 36.3. The van der Waals surface area contributed by atoms with E-state index in [1.165, 1.54) is 67.0 Å². The van der Waals surface area contributed by atoms with E-state index in [2.05, 4.69) is 15.2 Å². The number of pyridine rings is 1. The molecule has 3 aromatic carbocycles. The number of nitrogens with one attached hydrogen (secondary N) is 2. The summed E-state index contributed by atoms with van der Waals surface area (Å²) in [6.07, 6.45) is 5.71. The summed E-state index contributed by atoms with van der Waals surface area (Å²) in [6.45, 7) is -0.318. The minimum Gasteiger partial charge on any atom is -0.870 e. The van der Waals surface area contributed by atoms with Gasteiger partial charge in [0.25, 0.3) is 0 Å². The molecule has 4 aliphatic heterocycles. The monoisotopic (exact) mass is 934 g/mol. The highest BCUT2D eigenvalue weighted by Crippen LogP contribution is 2.39. The quantitative estimate of drug-likeness (QED) is 0.103. The maximum Gasteiger partial charge on any atom is 0.387 e. The summed E-state index contributed by atoms with van der Waals surface area (Å²) >= 11 is 13.0. The van der Waals surface area contributed by atoms with Crippen LogP contribution in [0.3, 0.4) is 0 Å². The molecule has 5 heterocycles. The minimum atomic E-state index is -4.36. The van der Waals surface area contributed by atoms with E-state index in [1.807, 2.05) is 0 Å². The Hall–Kier alpha value is -4.65. The number of carbonyl (C=O) groups excluding carboxylic acids is 2. The van der Waals surface area contributed by atoms with Gasteiger partial charge < -0.3 is 29.7 Å². The van der Waals surface area contributed by atoms with E-state index in [1.54, 1.807) is 12.1 Å². The number of H-pyrrole nitrogens is 1. The minimum absolute atomic E-state index is 0. The van der Waals surface area contributed by atoms with Crippen LogP contribution in [0.25, 0.3) is 0 Å². The lowest BCUT2D eigenvalue weighted by molar-refractivity contribution is -0.377. The normalized spacial score (nSPS) is 21.9. The van der Waals surface area contributed by atoms with Crippen LogP contribution in [0.1, 0.15) is 67.4 Å². The van der Waals surface area contributed by atoms with Crippen LogP contribution in [0, 0.1) is 17.7 Å². The molecule has 4 saturated heterocycles. The first-order chi connectivity index (χ1) is 29.8. The molecule has 9 rings (SSSR count). The van der Waals surface area contributed by atoms with Crippen LogP contribution in [0.5, 0.6) is 11.5 Å². The Kier molecular flexibility index (Phi) is 14.7. The molecule has 63 heavy (non-hydrogen) atoms. The Morgan fingerprint density at radius 3 is 2.32 bits per heavy atom. The second-order valence-electron chi connectivity index (χ2n) is 16.1. The molecule has 1 aliphatic carbocycles. The summed E-state index contributed by atoms with van der Waals surface area (Å²) in [7, 11) is -4.36. The highest BCUT2D eigenvalue weighted by molar-refractivity contribution is 7.89. The molecule has 4 aromatic rings. The molecule has 3 N–H and O–H groups in total. The number of aromatic nitrogens is 1. The number of halogens is 5. The highest BCUT2D eigenvalue weighted by Gasteiger charge is 2.42. The van der Waals surface area contributed by atoms with E-state index in [9.17, 15) is 31.2 Å². The molecule has 5 aliphatic rings. The van der Waals surface area contributed by atoms with Gasteiger partial charge in [0.15, 0.2) is 29.9 Å².